The fourth-order valence-electron chi connectivity index (χ4n) is 7.74. The lowest BCUT2D eigenvalue weighted by molar-refractivity contribution is -0.140. The summed E-state index contributed by atoms with van der Waals surface area (Å²) >= 11 is 4.76. The number of halogens is 6. The average Bonchev–Trinajstić information content (AvgIpc) is 3.86. The Morgan fingerprint density at radius 1 is 0.672 bits per heavy atom. The van der Waals surface area contributed by atoms with E-state index in [2.05, 4.69) is 13.8 Å². The van der Waals surface area contributed by atoms with Crippen molar-refractivity contribution in [1.29, 1.82) is 0 Å². The molecule has 2 unspecified atom stereocenters. The van der Waals surface area contributed by atoms with Crippen LogP contribution in [0.1, 0.15) is 115 Å². The minimum absolute atomic E-state index is 0.204. The number of carbonyl (C=O) groups is 2. The van der Waals surface area contributed by atoms with E-state index >= 15 is 0 Å². The molecule has 0 spiro atoms. The standard InChI is InChI=1S/C26H29F3O4S.C25H27F3O3S2/c1-3-5-6-18(24-15-19-13-20(26(27,28)29)7-10-23(19)34-24)11-12-32-21-8-9-22(17(4-2)14-21)33-16-25(30)31;1-4-5-17(10-11-32-19-7-9-21(15(2)12-19)31-14-23(29)30)24-16(3)20-8-6-18(25(26,27)28)13-22(20)33-24/h7-10,13-15,18H,3-6,11-12,16H2,1-2H3,(H,30,31);6-9,12-13,17H,4-5,10-11,14H2,1-3H3,(H,29,30). The highest BCUT2D eigenvalue weighted by molar-refractivity contribution is 7.99. The molecule has 0 aliphatic rings. The first-order valence-corrected chi connectivity index (χ1v) is 24.8. The highest BCUT2D eigenvalue weighted by atomic mass is 32.2. The van der Waals surface area contributed by atoms with Gasteiger partial charge in [-0.15, -0.1) is 34.4 Å². The van der Waals surface area contributed by atoms with Crippen LogP contribution < -0.4 is 14.2 Å². The number of ether oxygens (including phenoxy) is 3. The summed E-state index contributed by atoms with van der Waals surface area (Å²) < 4.78 is 96.8. The van der Waals surface area contributed by atoms with Crippen LogP contribution in [0.2, 0.25) is 0 Å². The van der Waals surface area contributed by atoms with Crippen molar-refractivity contribution in [1.82, 2.24) is 0 Å². The minimum atomic E-state index is -4.35. The quantitative estimate of drug-likeness (QED) is 0.0512. The predicted octanol–water partition coefficient (Wildman–Crippen LogP) is 15.8. The number of hydrogen-bond donors (Lipinski definition) is 2. The first kappa shape index (κ1) is 53.0. The van der Waals surface area contributed by atoms with Crippen LogP contribution in [0.25, 0.3) is 20.2 Å². The van der Waals surface area contributed by atoms with Crippen LogP contribution in [-0.2, 0) is 28.4 Å². The normalized spacial score (nSPS) is 12.7. The second kappa shape index (κ2) is 24.4. The van der Waals surface area contributed by atoms with Crippen molar-refractivity contribution in [2.75, 3.05) is 25.6 Å². The van der Waals surface area contributed by atoms with Crippen LogP contribution in [0.5, 0.6) is 17.2 Å². The van der Waals surface area contributed by atoms with E-state index in [1.165, 1.54) is 34.4 Å². The lowest BCUT2D eigenvalue weighted by atomic mass is 9.95. The number of unbranched alkanes of at least 4 members (excludes halogenated alkanes) is 1. The molecule has 0 radical (unpaired) electrons. The van der Waals surface area contributed by atoms with Crippen molar-refractivity contribution < 1.29 is 60.4 Å². The van der Waals surface area contributed by atoms with Gasteiger partial charge < -0.3 is 24.4 Å². The Labute approximate surface area is 399 Å². The lowest BCUT2D eigenvalue weighted by Gasteiger charge is -2.16. The Hall–Kier alpha value is -4.93. The molecule has 2 aromatic heterocycles. The number of hydrogen-bond acceptors (Lipinski definition) is 8. The summed E-state index contributed by atoms with van der Waals surface area (Å²) in [7, 11) is 0. The van der Waals surface area contributed by atoms with E-state index in [4.69, 9.17) is 24.4 Å². The average molecular weight is 991 g/mol. The van der Waals surface area contributed by atoms with Gasteiger partial charge in [0.2, 0.25) is 0 Å². The van der Waals surface area contributed by atoms with Gasteiger partial charge in [0.1, 0.15) is 17.2 Å². The number of aryl methyl sites for hydroxylation is 3. The topological polar surface area (TPSA) is 102 Å². The van der Waals surface area contributed by atoms with Gasteiger partial charge in [0, 0.05) is 24.0 Å². The molecular weight excluding hydrogens is 935 g/mol. The zero-order valence-electron chi connectivity index (χ0n) is 38.1. The molecule has 2 heterocycles. The third-order valence-corrected chi connectivity index (χ3v) is 14.9. The molecule has 7 nitrogen and oxygen atoms in total. The molecule has 0 aliphatic heterocycles. The molecule has 0 aliphatic carbocycles. The molecule has 6 aromatic rings. The first-order valence-electron chi connectivity index (χ1n) is 22.2. The second-order valence-electron chi connectivity index (χ2n) is 16.2. The largest absolute Gasteiger partial charge is 0.494 e. The number of carboxylic acid groups (broad SMARTS) is 2. The van der Waals surface area contributed by atoms with Crippen molar-refractivity contribution in [2.24, 2.45) is 0 Å². The third-order valence-electron chi connectivity index (χ3n) is 11.2. The summed E-state index contributed by atoms with van der Waals surface area (Å²) in [5.74, 6) is 1.11. The molecule has 0 fully saturated rings. The van der Waals surface area contributed by atoms with Gasteiger partial charge in [0.05, 0.1) is 17.7 Å². The molecule has 4 aromatic carbocycles. The van der Waals surface area contributed by atoms with Crippen molar-refractivity contribution in [3.05, 3.63) is 116 Å². The number of alkyl halides is 6. The number of thioether (sulfide) groups is 1. The number of thiophene rings is 2. The van der Waals surface area contributed by atoms with Crippen molar-refractivity contribution >= 4 is 66.5 Å². The van der Waals surface area contributed by atoms with Crippen molar-refractivity contribution in [3.8, 4) is 17.2 Å². The molecule has 362 valence electrons. The molecule has 16 heteroatoms. The SMILES string of the molecule is CCCC(CCSc1ccc(OCC(=O)O)c(C)c1)c1sc2cc(C(F)(F)F)ccc2c1C.CCCCC(CCOc1ccc(OCC(=O)O)c(CC)c1)c1cc2cc(C(F)(F)F)ccc2s1. The van der Waals surface area contributed by atoms with E-state index in [1.54, 1.807) is 53.4 Å². The fourth-order valence-corrected chi connectivity index (χ4v) is 11.4. The van der Waals surface area contributed by atoms with Crippen LogP contribution in [0.3, 0.4) is 0 Å². The summed E-state index contributed by atoms with van der Waals surface area (Å²) in [6.07, 6.45) is -1.33. The predicted molar refractivity (Wildman–Crippen MR) is 257 cm³/mol. The van der Waals surface area contributed by atoms with E-state index in [1.807, 2.05) is 45.0 Å². The smallest absolute Gasteiger partial charge is 0.416 e. The highest BCUT2D eigenvalue weighted by Crippen LogP contribution is 2.43. The monoisotopic (exact) mass is 990 g/mol. The molecule has 0 amide bonds. The number of carboxylic acids is 2. The van der Waals surface area contributed by atoms with Crippen LogP contribution in [0.15, 0.2) is 83.8 Å². The number of fused-ring (bicyclic) bond motifs is 2. The van der Waals surface area contributed by atoms with Crippen molar-refractivity contribution in [2.45, 2.75) is 115 Å². The zero-order chi connectivity index (χ0) is 48.9. The fraction of sp³-hybridized carbons (Fsp3) is 0.412. The molecule has 67 heavy (non-hydrogen) atoms. The molecule has 6 rings (SSSR count). The summed E-state index contributed by atoms with van der Waals surface area (Å²) in [5.41, 5.74) is 1.61. The number of aliphatic carboxylic acids is 2. The van der Waals surface area contributed by atoms with Gasteiger partial charge in [0.25, 0.3) is 0 Å². The van der Waals surface area contributed by atoms with Gasteiger partial charge in [-0.3, -0.25) is 0 Å². The summed E-state index contributed by atoms with van der Waals surface area (Å²) in [6, 6.07) is 20.9. The van der Waals surface area contributed by atoms with Gasteiger partial charge in [-0.05, 0) is 164 Å². The summed E-state index contributed by atoms with van der Waals surface area (Å²) in [4.78, 5) is 24.8. The summed E-state index contributed by atoms with van der Waals surface area (Å²) in [5, 5.41) is 19.1. The second-order valence-corrected chi connectivity index (χ2v) is 19.6. The van der Waals surface area contributed by atoms with E-state index in [-0.39, 0.29) is 12.5 Å². The van der Waals surface area contributed by atoms with E-state index in [0.717, 1.165) is 93.3 Å². The Morgan fingerprint density at radius 2 is 1.34 bits per heavy atom. The van der Waals surface area contributed by atoms with Crippen LogP contribution >= 0.6 is 34.4 Å². The van der Waals surface area contributed by atoms with E-state index in [0.29, 0.717) is 46.3 Å². The number of benzene rings is 4. The Kier molecular flexibility index (Phi) is 19.3. The van der Waals surface area contributed by atoms with Crippen molar-refractivity contribution in [3.63, 3.8) is 0 Å². The maximum absolute atomic E-state index is 13.1. The first-order chi connectivity index (χ1) is 31.8. The van der Waals surface area contributed by atoms with Gasteiger partial charge in [0.15, 0.2) is 13.2 Å². The summed E-state index contributed by atoms with van der Waals surface area (Å²) in [6.45, 7) is 9.80. The van der Waals surface area contributed by atoms with Gasteiger partial charge in [-0.2, -0.15) is 26.3 Å². The molecule has 0 bridgehead atoms. The van der Waals surface area contributed by atoms with Gasteiger partial charge >= 0.3 is 24.3 Å². The molecular formula is C51H56F6O7S3. The Balaban J connectivity index is 0.000000251. The Bertz CT molecular complexity index is 2580. The van der Waals surface area contributed by atoms with Gasteiger partial charge in [-0.1, -0.05) is 46.1 Å². The van der Waals surface area contributed by atoms with E-state index < -0.39 is 42.0 Å². The van der Waals surface area contributed by atoms with E-state index in [9.17, 15) is 35.9 Å². The minimum Gasteiger partial charge on any atom is -0.494 e. The zero-order valence-corrected chi connectivity index (χ0v) is 40.5. The van der Waals surface area contributed by atoms with Crippen LogP contribution in [0, 0.1) is 13.8 Å². The molecule has 0 saturated heterocycles. The number of rotatable bonds is 22. The molecule has 2 N–H and O–H groups in total. The van der Waals surface area contributed by atoms with Gasteiger partial charge in [-0.25, -0.2) is 9.59 Å². The van der Waals surface area contributed by atoms with Crippen LogP contribution in [-0.4, -0.2) is 47.7 Å². The maximum atomic E-state index is 13.1. The third kappa shape index (κ3) is 15.3. The maximum Gasteiger partial charge on any atom is 0.416 e. The molecule has 2 atom stereocenters. The Morgan fingerprint density at radius 3 is 1.99 bits per heavy atom. The highest BCUT2D eigenvalue weighted by Gasteiger charge is 2.32. The van der Waals surface area contributed by atoms with Crippen LogP contribution in [0.4, 0.5) is 26.3 Å². The lowest BCUT2D eigenvalue weighted by Crippen LogP contribution is -2.10. The molecule has 0 saturated carbocycles.